The normalized spacial score (nSPS) is 11.9. The van der Waals surface area contributed by atoms with Crippen LogP contribution in [-0.2, 0) is 6.18 Å². The smallest absolute Gasteiger partial charge is 0.366 e. The zero-order valence-electron chi connectivity index (χ0n) is 7.93. The Morgan fingerprint density at radius 3 is 2.56 bits per heavy atom. The summed E-state index contributed by atoms with van der Waals surface area (Å²) in [6.45, 7) is 0. The number of benzene rings is 1. The third-order valence-electron chi connectivity index (χ3n) is 2.23. The van der Waals surface area contributed by atoms with Crippen LogP contribution in [0.4, 0.5) is 13.2 Å². The Labute approximate surface area is 88.1 Å². The number of carbonyl (C=O) groups is 1. The van der Waals surface area contributed by atoms with E-state index in [0.29, 0.717) is 5.39 Å². The maximum atomic E-state index is 12.4. The molecule has 1 aromatic heterocycles. The summed E-state index contributed by atoms with van der Waals surface area (Å²) in [4.78, 5) is 13.2. The average molecular weight is 228 g/mol. The molecule has 2 aromatic rings. The summed E-state index contributed by atoms with van der Waals surface area (Å²) < 4.78 is 37.2. The first-order valence-corrected chi connectivity index (χ1v) is 4.38. The molecular weight excluding hydrogens is 221 g/mol. The topological polar surface area (TPSA) is 58.9 Å². The van der Waals surface area contributed by atoms with Crippen LogP contribution < -0.4 is 5.73 Å². The number of nitrogens with two attached hydrogens (primary N) is 1. The van der Waals surface area contributed by atoms with Crippen LogP contribution in [0.3, 0.4) is 0 Å². The Morgan fingerprint density at radius 1 is 1.31 bits per heavy atom. The van der Waals surface area contributed by atoms with Crippen molar-refractivity contribution in [2.75, 3.05) is 0 Å². The Kier molecular flexibility index (Phi) is 2.15. The van der Waals surface area contributed by atoms with E-state index in [4.69, 9.17) is 5.73 Å². The van der Waals surface area contributed by atoms with Gasteiger partial charge in [0.15, 0.2) is 0 Å². The molecule has 1 amide bonds. The number of nitrogens with one attached hydrogen (secondary N) is 1. The summed E-state index contributed by atoms with van der Waals surface area (Å²) >= 11 is 0. The van der Waals surface area contributed by atoms with E-state index < -0.39 is 17.8 Å². The number of aromatic nitrogens is 1. The van der Waals surface area contributed by atoms with Crippen molar-refractivity contribution in [3.8, 4) is 0 Å². The van der Waals surface area contributed by atoms with Gasteiger partial charge < -0.3 is 10.7 Å². The maximum absolute atomic E-state index is 12.4. The predicted molar refractivity (Wildman–Crippen MR) is 51.8 cm³/mol. The second kappa shape index (κ2) is 3.26. The van der Waals surface area contributed by atoms with Crippen molar-refractivity contribution in [3.63, 3.8) is 0 Å². The van der Waals surface area contributed by atoms with Crippen LogP contribution in [0, 0.1) is 0 Å². The number of fused-ring (bicyclic) bond motifs is 1. The van der Waals surface area contributed by atoms with Crippen molar-refractivity contribution in [2.45, 2.75) is 6.18 Å². The predicted octanol–water partition coefficient (Wildman–Crippen LogP) is 2.29. The van der Waals surface area contributed by atoms with Gasteiger partial charge >= 0.3 is 6.18 Å². The molecule has 6 heteroatoms. The van der Waals surface area contributed by atoms with Gasteiger partial charge in [-0.05, 0) is 12.1 Å². The largest absolute Gasteiger partial charge is 0.431 e. The second-order valence-electron chi connectivity index (χ2n) is 3.31. The molecule has 16 heavy (non-hydrogen) atoms. The summed E-state index contributed by atoms with van der Waals surface area (Å²) in [5, 5.41) is 0.309. The standard InChI is InChI=1S/C10H7F3N2O/c11-10(12,13)7-4-5-2-1-3-6(9(14)16)8(5)15-7/h1-4,15H,(H2,14,16). The number of hydrogen-bond donors (Lipinski definition) is 2. The van der Waals surface area contributed by atoms with E-state index in [1.54, 1.807) is 0 Å². The number of primary amides is 1. The van der Waals surface area contributed by atoms with E-state index in [2.05, 4.69) is 4.98 Å². The molecule has 0 aliphatic heterocycles. The highest BCUT2D eigenvalue weighted by Gasteiger charge is 2.32. The molecule has 0 unspecified atom stereocenters. The van der Waals surface area contributed by atoms with Gasteiger partial charge in [-0.25, -0.2) is 0 Å². The summed E-state index contributed by atoms with van der Waals surface area (Å²) in [6.07, 6.45) is -4.46. The third kappa shape index (κ3) is 1.62. The van der Waals surface area contributed by atoms with Gasteiger partial charge in [-0.15, -0.1) is 0 Å². The zero-order valence-corrected chi connectivity index (χ0v) is 7.93. The highest BCUT2D eigenvalue weighted by molar-refractivity contribution is 6.05. The number of aromatic amines is 1. The lowest BCUT2D eigenvalue weighted by Gasteiger charge is -2.01. The van der Waals surface area contributed by atoms with Crippen molar-refractivity contribution >= 4 is 16.8 Å². The van der Waals surface area contributed by atoms with Gasteiger partial charge in [-0.3, -0.25) is 4.79 Å². The lowest BCUT2D eigenvalue weighted by molar-refractivity contribution is -0.140. The Bertz CT molecular complexity index is 557. The molecule has 3 nitrogen and oxygen atoms in total. The molecule has 1 aromatic carbocycles. The maximum Gasteiger partial charge on any atom is 0.431 e. The Morgan fingerprint density at radius 2 is 2.00 bits per heavy atom. The minimum atomic E-state index is -4.46. The lowest BCUT2D eigenvalue weighted by Crippen LogP contribution is -2.11. The molecule has 0 atom stereocenters. The zero-order chi connectivity index (χ0) is 11.9. The quantitative estimate of drug-likeness (QED) is 0.772. The van der Waals surface area contributed by atoms with Crippen LogP contribution in [-0.4, -0.2) is 10.9 Å². The first-order chi connectivity index (χ1) is 7.39. The third-order valence-corrected chi connectivity index (χ3v) is 2.23. The summed E-state index contributed by atoms with van der Waals surface area (Å²) in [5.41, 5.74) is 4.33. The van der Waals surface area contributed by atoms with Gasteiger partial charge in [0.2, 0.25) is 0 Å². The van der Waals surface area contributed by atoms with Crippen LogP contribution in [0.25, 0.3) is 10.9 Å². The first-order valence-electron chi connectivity index (χ1n) is 4.38. The second-order valence-corrected chi connectivity index (χ2v) is 3.31. The monoisotopic (exact) mass is 228 g/mol. The number of halogens is 3. The molecule has 2 rings (SSSR count). The number of hydrogen-bond acceptors (Lipinski definition) is 1. The number of H-pyrrole nitrogens is 1. The summed E-state index contributed by atoms with van der Waals surface area (Å²) in [6, 6.07) is 5.28. The Balaban J connectivity index is 2.71. The fraction of sp³-hybridized carbons (Fsp3) is 0.100. The van der Waals surface area contributed by atoms with Crippen LogP contribution in [0.2, 0.25) is 0 Å². The fourth-order valence-electron chi connectivity index (χ4n) is 1.51. The molecule has 0 radical (unpaired) electrons. The van der Waals surface area contributed by atoms with E-state index in [0.717, 1.165) is 6.07 Å². The lowest BCUT2D eigenvalue weighted by atomic mass is 10.1. The molecule has 0 spiro atoms. The molecule has 0 bridgehead atoms. The summed E-state index contributed by atoms with van der Waals surface area (Å²) in [5.74, 6) is -0.763. The fourth-order valence-corrected chi connectivity index (χ4v) is 1.51. The van der Waals surface area contributed by atoms with E-state index >= 15 is 0 Å². The van der Waals surface area contributed by atoms with E-state index in [1.807, 2.05) is 0 Å². The van der Waals surface area contributed by atoms with Crippen LogP contribution >= 0.6 is 0 Å². The molecule has 0 aliphatic rings. The molecule has 0 saturated heterocycles. The first kappa shape index (κ1) is 10.5. The molecule has 0 saturated carbocycles. The van der Waals surface area contributed by atoms with Gasteiger partial charge in [0, 0.05) is 5.39 Å². The molecule has 1 heterocycles. The van der Waals surface area contributed by atoms with E-state index in [-0.39, 0.29) is 11.1 Å². The number of amides is 1. The minimum absolute atomic E-state index is 0.0491. The Hall–Kier alpha value is -1.98. The van der Waals surface area contributed by atoms with Crippen molar-refractivity contribution in [2.24, 2.45) is 5.73 Å². The minimum Gasteiger partial charge on any atom is -0.366 e. The highest BCUT2D eigenvalue weighted by atomic mass is 19.4. The molecule has 0 aliphatic carbocycles. The number of alkyl halides is 3. The van der Waals surface area contributed by atoms with Crippen molar-refractivity contribution in [3.05, 3.63) is 35.5 Å². The van der Waals surface area contributed by atoms with Gasteiger partial charge in [0.25, 0.3) is 5.91 Å². The van der Waals surface area contributed by atoms with Crippen LogP contribution in [0.1, 0.15) is 16.1 Å². The highest BCUT2D eigenvalue weighted by Crippen LogP contribution is 2.31. The van der Waals surface area contributed by atoms with Crippen LogP contribution in [0.15, 0.2) is 24.3 Å². The van der Waals surface area contributed by atoms with Crippen molar-refractivity contribution in [1.29, 1.82) is 0 Å². The van der Waals surface area contributed by atoms with Gasteiger partial charge in [-0.2, -0.15) is 13.2 Å². The molecule has 0 fully saturated rings. The van der Waals surface area contributed by atoms with Crippen molar-refractivity contribution < 1.29 is 18.0 Å². The molecule has 3 N–H and O–H groups in total. The number of carbonyl (C=O) groups excluding carboxylic acids is 1. The van der Waals surface area contributed by atoms with Crippen LogP contribution in [0.5, 0.6) is 0 Å². The van der Waals surface area contributed by atoms with Crippen molar-refractivity contribution in [1.82, 2.24) is 4.98 Å². The van der Waals surface area contributed by atoms with E-state index in [1.165, 1.54) is 18.2 Å². The van der Waals surface area contributed by atoms with Gasteiger partial charge in [0.05, 0.1) is 11.1 Å². The average Bonchev–Trinajstić information content (AvgIpc) is 2.59. The molecular formula is C10H7F3N2O. The summed E-state index contributed by atoms with van der Waals surface area (Å²) in [7, 11) is 0. The van der Waals surface area contributed by atoms with Gasteiger partial charge in [-0.1, -0.05) is 12.1 Å². The molecule has 84 valence electrons. The van der Waals surface area contributed by atoms with E-state index in [9.17, 15) is 18.0 Å². The number of rotatable bonds is 1. The number of para-hydroxylation sites is 1. The SMILES string of the molecule is NC(=O)c1cccc2cc(C(F)(F)F)[nH]c12. The van der Waals surface area contributed by atoms with Gasteiger partial charge in [0.1, 0.15) is 5.69 Å².